The highest BCUT2D eigenvalue weighted by atomic mass is 35.5. The van der Waals surface area contributed by atoms with E-state index in [4.69, 9.17) is 28.3 Å². The standard InChI is InChI=1S/C22H19Cl2NO3/c23-17-7-1-14(2-8-17)20(13-21(26)15-3-9-18(24)10-4-15)25-19-11-5-16(6-12-19)22(27)28/h1-12,20-21,25-26H,13H2,(H,27,28). The summed E-state index contributed by atoms with van der Waals surface area (Å²) in [6.07, 6.45) is -0.298. The van der Waals surface area contributed by atoms with Crippen molar-refractivity contribution in [2.45, 2.75) is 18.6 Å². The summed E-state index contributed by atoms with van der Waals surface area (Å²) in [4.78, 5) is 11.0. The second-order valence-electron chi connectivity index (χ2n) is 6.43. The molecule has 0 saturated carbocycles. The van der Waals surface area contributed by atoms with Crippen molar-refractivity contribution in [3.63, 3.8) is 0 Å². The number of halogens is 2. The number of anilines is 1. The largest absolute Gasteiger partial charge is 0.478 e. The molecule has 6 heteroatoms. The monoisotopic (exact) mass is 415 g/mol. The van der Waals surface area contributed by atoms with Crippen LogP contribution in [0.1, 0.15) is 40.1 Å². The molecule has 0 spiro atoms. The molecule has 4 nitrogen and oxygen atoms in total. The molecule has 3 aromatic rings. The van der Waals surface area contributed by atoms with Crippen molar-refractivity contribution in [3.05, 3.63) is 99.5 Å². The number of aromatic carboxylic acids is 1. The summed E-state index contributed by atoms with van der Waals surface area (Å²) in [6.45, 7) is 0. The van der Waals surface area contributed by atoms with Gasteiger partial charge in [-0.15, -0.1) is 0 Å². The Balaban J connectivity index is 1.83. The number of carbonyl (C=O) groups is 1. The number of carboxylic acid groups (broad SMARTS) is 1. The van der Waals surface area contributed by atoms with Gasteiger partial charge in [0.2, 0.25) is 0 Å². The average molecular weight is 416 g/mol. The van der Waals surface area contributed by atoms with E-state index in [2.05, 4.69) is 5.32 Å². The minimum absolute atomic E-state index is 0.210. The van der Waals surface area contributed by atoms with Crippen LogP contribution in [0, 0.1) is 0 Å². The highest BCUT2D eigenvalue weighted by Gasteiger charge is 2.18. The summed E-state index contributed by atoms with van der Waals surface area (Å²) in [5, 5.41) is 24.4. The van der Waals surface area contributed by atoms with Crippen molar-refractivity contribution in [1.82, 2.24) is 0 Å². The van der Waals surface area contributed by atoms with Gasteiger partial charge in [0, 0.05) is 22.2 Å². The Hall–Kier alpha value is -2.53. The maximum Gasteiger partial charge on any atom is 0.335 e. The van der Waals surface area contributed by atoms with E-state index in [0.717, 1.165) is 16.8 Å². The van der Waals surface area contributed by atoms with E-state index in [1.807, 2.05) is 12.1 Å². The molecule has 0 fully saturated rings. The fourth-order valence-electron chi connectivity index (χ4n) is 2.93. The Morgan fingerprint density at radius 3 is 1.82 bits per heavy atom. The number of aliphatic hydroxyl groups is 1. The van der Waals surface area contributed by atoms with Gasteiger partial charge >= 0.3 is 5.97 Å². The van der Waals surface area contributed by atoms with Crippen molar-refractivity contribution in [1.29, 1.82) is 0 Å². The summed E-state index contributed by atoms with van der Waals surface area (Å²) in [7, 11) is 0. The molecule has 2 unspecified atom stereocenters. The van der Waals surface area contributed by atoms with E-state index in [0.29, 0.717) is 16.5 Å². The lowest BCUT2D eigenvalue weighted by Crippen LogP contribution is -2.15. The molecule has 0 heterocycles. The van der Waals surface area contributed by atoms with Gasteiger partial charge in [-0.1, -0.05) is 47.5 Å². The molecular formula is C22H19Cl2NO3. The van der Waals surface area contributed by atoms with Crippen molar-refractivity contribution >= 4 is 34.9 Å². The molecule has 0 saturated heterocycles. The molecule has 2 atom stereocenters. The van der Waals surface area contributed by atoms with Crippen LogP contribution in [0.25, 0.3) is 0 Å². The first-order chi connectivity index (χ1) is 13.4. The van der Waals surface area contributed by atoms with Crippen molar-refractivity contribution in [3.8, 4) is 0 Å². The zero-order valence-corrected chi connectivity index (χ0v) is 16.4. The molecule has 0 amide bonds. The third kappa shape index (κ3) is 5.26. The Labute approximate surface area is 173 Å². The Morgan fingerprint density at radius 2 is 1.32 bits per heavy atom. The van der Waals surface area contributed by atoms with Crippen molar-refractivity contribution in [2.75, 3.05) is 5.32 Å². The predicted octanol–water partition coefficient (Wildman–Crippen LogP) is 5.97. The zero-order valence-electron chi connectivity index (χ0n) is 14.8. The Bertz CT molecular complexity index is 926. The first kappa shape index (κ1) is 20.2. The van der Waals surface area contributed by atoms with E-state index >= 15 is 0 Å². The maximum absolute atomic E-state index is 11.0. The molecule has 144 valence electrons. The van der Waals surface area contributed by atoms with Gasteiger partial charge in [-0.25, -0.2) is 4.79 Å². The number of benzene rings is 3. The molecule has 0 aliphatic rings. The van der Waals surface area contributed by atoms with Gasteiger partial charge in [0.1, 0.15) is 0 Å². The highest BCUT2D eigenvalue weighted by molar-refractivity contribution is 6.30. The van der Waals surface area contributed by atoms with E-state index < -0.39 is 12.1 Å². The lowest BCUT2D eigenvalue weighted by atomic mass is 9.96. The van der Waals surface area contributed by atoms with E-state index in [-0.39, 0.29) is 11.6 Å². The Kier molecular flexibility index (Phi) is 6.57. The first-order valence-corrected chi connectivity index (χ1v) is 9.47. The van der Waals surface area contributed by atoms with E-state index in [1.165, 1.54) is 0 Å². The SMILES string of the molecule is O=C(O)c1ccc(NC(CC(O)c2ccc(Cl)cc2)c2ccc(Cl)cc2)cc1. The van der Waals surface area contributed by atoms with Crippen LogP contribution in [0.15, 0.2) is 72.8 Å². The third-order valence-electron chi connectivity index (χ3n) is 4.46. The van der Waals surface area contributed by atoms with Crippen LogP contribution >= 0.6 is 23.2 Å². The number of hydrogen-bond donors (Lipinski definition) is 3. The second kappa shape index (κ2) is 9.11. The molecule has 28 heavy (non-hydrogen) atoms. The van der Waals surface area contributed by atoms with Gasteiger partial charge in [0.15, 0.2) is 0 Å². The quantitative estimate of drug-likeness (QED) is 0.444. The first-order valence-electron chi connectivity index (χ1n) is 8.71. The van der Waals surface area contributed by atoms with Gasteiger partial charge in [-0.3, -0.25) is 0 Å². The van der Waals surface area contributed by atoms with Crippen LogP contribution in [0.4, 0.5) is 5.69 Å². The predicted molar refractivity (Wildman–Crippen MR) is 112 cm³/mol. The second-order valence-corrected chi connectivity index (χ2v) is 7.31. The smallest absolute Gasteiger partial charge is 0.335 e. The van der Waals surface area contributed by atoms with Crippen molar-refractivity contribution < 1.29 is 15.0 Å². The van der Waals surface area contributed by atoms with E-state index in [1.54, 1.807) is 60.7 Å². The molecule has 0 radical (unpaired) electrons. The fourth-order valence-corrected chi connectivity index (χ4v) is 3.18. The molecule has 0 aliphatic carbocycles. The summed E-state index contributed by atoms with van der Waals surface area (Å²) >= 11 is 11.9. The minimum atomic E-state index is -0.973. The van der Waals surface area contributed by atoms with Crippen LogP contribution in [-0.2, 0) is 0 Å². The van der Waals surface area contributed by atoms with Crippen LogP contribution < -0.4 is 5.32 Å². The zero-order chi connectivity index (χ0) is 20.1. The van der Waals surface area contributed by atoms with Crippen LogP contribution in [-0.4, -0.2) is 16.2 Å². The van der Waals surface area contributed by atoms with E-state index in [9.17, 15) is 9.90 Å². The third-order valence-corrected chi connectivity index (χ3v) is 4.96. The molecule has 0 aromatic heterocycles. The molecule has 3 N–H and O–H groups in total. The minimum Gasteiger partial charge on any atom is -0.478 e. The number of aliphatic hydroxyl groups excluding tert-OH is 1. The summed E-state index contributed by atoms with van der Waals surface area (Å²) < 4.78 is 0. The summed E-state index contributed by atoms with van der Waals surface area (Å²) in [5.74, 6) is -0.973. The number of hydrogen-bond acceptors (Lipinski definition) is 3. The van der Waals surface area contributed by atoms with Gasteiger partial charge < -0.3 is 15.5 Å². The Morgan fingerprint density at radius 1 is 0.821 bits per heavy atom. The number of nitrogens with one attached hydrogen (secondary N) is 1. The maximum atomic E-state index is 11.0. The van der Waals surface area contributed by atoms with Crippen LogP contribution in [0.3, 0.4) is 0 Å². The average Bonchev–Trinajstić information content (AvgIpc) is 2.69. The molecule has 3 aromatic carbocycles. The number of carboxylic acids is 1. The fraction of sp³-hybridized carbons (Fsp3) is 0.136. The summed E-state index contributed by atoms with van der Waals surface area (Å²) in [5.41, 5.74) is 2.70. The van der Waals surface area contributed by atoms with Gasteiger partial charge in [-0.2, -0.15) is 0 Å². The molecule has 3 rings (SSSR count). The van der Waals surface area contributed by atoms with Crippen LogP contribution in [0.2, 0.25) is 10.0 Å². The molecule has 0 bridgehead atoms. The lowest BCUT2D eigenvalue weighted by molar-refractivity contribution is 0.0697. The summed E-state index contributed by atoms with van der Waals surface area (Å²) in [6, 6.07) is 20.8. The van der Waals surface area contributed by atoms with Crippen LogP contribution in [0.5, 0.6) is 0 Å². The topological polar surface area (TPSA) is 69.6 Å². The van der Waals surface area contributed by atoms with Crippen molar-refractivity contribution in [2.24, 2.45) is 0 Å². The molecule has 0 aliphatic heterocycles. The van der Waals surface area contributed by atoms with Gasteiger partial charge in [0.05, 0.1) is 17.7 Å². The number of rotatable bonds is 7. The normalized spacial score (nSPS) is 13.0. The lowest BCUT2D eigenvalue weighted by Gasteiger charge is -2.24. The van der Waals surface area contributed by atoms with Gasteiger partial charge in [0.25, 0.3) is 0 Å². The highest BCUT2D eigenvalue weighted by Crippen LogP contribution is 2.31. The molecular weight excluding hydrogens is 397 g/mol. The van der Waals surface area contributed by atoms with Gasteiger partial charge in [-0.05, 0) is 59.7 Å².